The number of thiophene rings is 1. The quantitative estimate of drug-likeness (QED) is 0.818. The summed E-state index contributed by atoms with van der Waals surface area (Å²) >= 11 is 1.48. The van der Waals surface area contributed by atoms with Crippen molar-refractivity contribution in [1.29, 1.82) is 0 Å². The Hall–Kier alpha value is -1.89. The molecule has 0 saturated heterocycles. The molecule has 2 heterocycles. The van der Waals surface area contributed by atoms with Gasteiger partial charge in [-0.05, 0) is 31.4 Å². The van der Waals surface area contributed by atoms with Gasteiger partial charge in [0.2, 0.25) is 5.91 Å². The van der Waals surface area contributed by atoms with Crippen molar-refractivity contribution < 1.29 is 9.59 Å². The summed E-state index contributed by atoms with van der Waals surface area (Å²) < 4.78 is 0. The maximum atomic E-state index is 12.4. The standard InChI is InChI=1S/C19H23N3O2S.ClH/c1-12(2)22-9-8-14-15(11-22)25-19(17(14)18(20)24)21-16(23)10-13-6-4-3-5-7-13;/h3-7,12H,8-11H2,1-2H3,(H2,20,24)(H,21,23);1H. The third-order valence-corrected chi connectivity index (χ3v) is 5.66. The molecule has 0 aliphatic carbocycles. The summed E-state index contributed by atoms with van der Waals surface area (Å²) in [6, 6.07) is 10.00. The second-order valence-electron chi connectivity index (χ2n) is 6.60. The Labute approximate surface area is 164 Å². The van der Waals surface area contributed by atoms with Crippen LogP contribution in [0.3, 0.4) is 0 Å². The van der Waals surface area contributed by atoms with Crippen LogP contribution >= 0.6 is 23.7 Å². The molecule has 0 unspecified atom stereocenters. The van der Waals surface area contributed by atoms with Gasteiger partial charge in [0.1, 0.15) is 5.00 Å². The Bertz CT molecular complexity index is 790. The lowest BCUT2D eigenvalue weighted by Gasteiger charge is -2.30. The van der Waals surface area contributed by atoms with Crippen molar-refractivity contribution in [1.82, 2.24) is 4.90 Å². The monoisotopic (exact) mass is 393 g/mol. The van der Waals surface area contributed by atoms with Crippen LogP contribution in [0.25, 0.3) is 0 Å². The van der Waals surface area contributed by atoms with Crippen LogP contribution in [-0.2, 0) is 24.2 Å². The molecular weight excluding hydrogens is 370 g/mol. The lowest BCUT2D eigenvalue weighted by atomic mass is 10.0. The van der Waals surface area contributed by atoms with Gasteiger partial charge in [-0.25, -0.2) is 0 Å². The molecule has 140 valence electrons. The summed E-state index contributed by atoms with van der Waals surface area (Å²) in [6.45, 7) is 6.03. The van der Waals surface area contributed by atoms with Gasteiger partial charge in [-0.2, -0.15) is 0 Å². The van der Waals surface area contributed by atoms with Crippen molar-refractivity contribution in [2.45, 2.75) is 39.3 Å². The second kappa shape index (κ2) is 8.66. The summed E-state index contributed by atoms with van der Waals surface area (Å²) in [5.41, 5.74) is 8.04. The number of hydrogen-bond acceptors (Lipinski definition) is 4. The number of halogens is 1. The largest absolute Gasteiger partial charge is 0.365 e. The zero-order valence-electron chi connectivity index (χ0n) is 15.0. The number of benzene rings is 1. The van der Waals surface area contributed by atoms with E-state index in [0.29, 0.717) is 16.6 Å². The molecule has 0 saturated carbocycles. The van der Waals surface area contributed by atoms with Gasteiger partial charge < -0.3 is 11.1 Å². The lowest BCUT2D eigenvalue weighted by Crippen LogP contribution is -2.35. The van der Waals surface area contributed by atoms with Crippen molar-refractivity contribution >= 4 is 40.6 Å². The molecule has 1 aromatic carbocycles. The molecule has 26 heavy (non-hydrogen) atoms. The molecular formula is C19H24ClN3O2S. The van der Waals surface area contributed by atoms with Gasteiger partial charge in [0.25, 0.3) is 5.91 Å². The van der Waals surface area contributed by atoms with Gasteiger partial charge in [-0.3, -0.25) is 14.5 Å². The zero-order valence-corrected chi connectivity index (χ0v) is 16.6. The van der Waals surface area contributed by atoms with E-state index in [2.05, 4.69) is 24.1 Å². The molecule has 2 amide bonds. The highest BCUT2D eigenvalue weighted by Crippen LogP contribution is 2.37. The van der Waals surface area contributed by atoms with E-state index in [-0.39, 0.29) is 24.7 Å². The van der Waals surface area contributed by atoms with E-state index in [1.807, 2.05) is 30.3 Å². The number of hydrogen-bond donors (Lipinski definition) is 2. The molecule has 5 nitrogen and oxygen atoms in total. The molecule has 0 spiro atoms. The van der Waals surface area contributed by atoms with E-state index in [9.17, 15) is 9.59 Å². The predicted molar refractivity (Wildman–Crippen MR) is 108 cm³/mol. The van der Waals surface area contributed by atoms with Crippen LogP contribution < -0.4 is 11.1 Å². The van der Waals surface area contributed by atoms with Crippen molar-refractivity contribution in [3.05, 3.63) is 51.9 Å². The van der Waals surface area contributed by atoms with E-state index in [1.54, 1.807) is 0 Å². The number of carbonyl (C=O) groups excluding carboxylic acids is 2. The highest BCUT2D eigenvalue weighted by molar-refractivity contribution is 7.17. The molecule has 3 rings (SSSR count). The van der Waals surface area contributed by atoms with Gasteiger partial charge in [0, 0.05) is 24.0 Å². The molecule has 0 bridgehead atoms. The minimum atomic E-state index is -0.467. The predicted octanol–water partition coefficient (Wildman–Crippen LogP) is 3.22. The zero-order chi connectivity index (χ0) is 18.0. The number of nitrogens with two attached hydrogens (primary N) is 1. The van der Waals surface area contributed by atoms with Gasteiger partial charge in [0.15, 0.2) is 0 Å². The molecule has 2 aromatic rings. The first kappa shape index (κ1) is 20.4. The van der Waals surface area contributed by atoms with Crippen molar-refractivity contribution in [3.8, 4) is 0 Å². The van der Waals surface area contributed by atoms with Crippen molar-refractivity contribution in [3.63, 3.8) is 0 Å². The van der Waals surface area contributed by atoms with Gasteiger partial charge in [-0.1, -0.05) is 30.3 Å². The fourth-order valence-electron chi connectivity index (χ4n) is 3.16. The summed E-state index contributed by atoms with van der Waals surface area (Å²) in [4.78, 5) is 27.8. The van der Waals surface area contributed by atoms with Gasteiger partial charge in [0.05, 0.1) is 12.0 Å². The van der Waals surface area contributed by atoms with Crippen LogP contribution in [0.4, 0.5) is 5.00 Å². The molecule has 1 aliphatic heterocycles. The molecule has 7 heteroatoms. The maximum absolute atomic E-state index is 12.4. The van der Waals surface area contributed by atoms with Crippen LogP contribution in [0.2, 0.25) is 0 Å². The number of rotatable bonds is 5. The van der Waals surface area contributed by atoms with Gasteiger partial charge >= 0.3 is 0 Å². The number of carbonyl (C=O) groups is 2. The Kier molecular flexibility index (Phi) is 6.81. The molecule has 3 N–H and O–H groups in total. The topological polar surface area (TPSA) is 75.4 Å². The highest BCUT2D eigenvalue weighted by Gasteiger charge is 2.28. The third kappa shape index (κ3) is 4.44. The minimum Gasteiger partial charge on any atom is -0.365 e. The lowest BCUT2D eigenvalue weighted by molar-refractivity contribution is -0.115. The first-order valence-corrected chi connectivity index (χ1v) is 9.29. The van der Waals surface area contributed by atoms with E-state index in [1.165, 1.54) is 11.3 Å². The Morgan fingerprint density at radius 3 is 2.58 bits per heavy atom. The van der Waals surface area contributed by atoms with Crippen LogP contribution in [0, 0.1) is 0 Å². The molecule has 1 aromatic heterocycles. The number of amides is 2. The third-order valence-electron chi connectivity index (χ3n) is 4.52. The fourth-order valence-corrected chi connectivity index (χ4v) is 4.46. The Morgan fingerprint density at radius 2 is 1.96 bits per heavy atom. The minimum absolute atomic E-state index is 0. The van der Waals surface area contributed by atoms with E-state index in [0.717, 1.165) is 35.5 Å². The maximum Gasteiger partial charge on any atom is 0.251 e. The number of fused-ring (bicyclic) bond motifs is 1. The van der Waals surface area contributed by atoms with Crippen molar-refractivity contribution in [2.24, 2.45) is 5.73 Å². The van der Waals surface area contributed by atoms with Crippen LogP contribution in [0.15, 0.2) is 30.3 Å². The van der Waals surface area contributed by atoms with E-state index < -0.39 is 5.91 Å². The smallest absolute Gasteiger partial charge is 0.251 e. The summed E-state index contributed by atoms with van der Waals surface area (Å²) in [5, 5.41) is 3.49. The number of nitrogens with one attached hydrogen (secondary N) is 1. The first-order chi connectivity index (χ1) is 12.0. The number of anilines is 1. The number of primary amides is 1. The Morgan fingerprint density at radius 1 is 1.27 bits per heavy atom. The SMILES string of the molecule is CC(C)N1CCc2c(sc(NC(=O)Cc3ccccc3)c2C(N)=O)C1.Cl. The van der Waals surface area contributed by atoms with E-state index >= 15 is 0 Å². The average Bonchev–Trinajstić information content (AvgIpc) is 2.92. The molecule has 0 radical (unpaired) electrons. The first-order valence-electron chi connectivity index (χ1n) is 8.48. The molecule has 0 atom stereocenters. The molecule has 1 aliphatic rings. The van der Waals surface area contributed by atoms with Crippen molar-refractivity contribution in [2.75, 3.05) is 11.9 Å². The second-order valence-corrected chi connectivity index (χ2v) is 7.70. The average molecular weight is 394 g/mol. The summed E-state index contributed by atoms with van der Waals surface area (Å²) in [6.07, 6.45) is 1.07. The summed E-state index contributed by atoms with van der Waals surface area (Å²) in [5.74, 6) is -0.599. The summed E-state index contributed by atoms with van der Waals surface area (Å²) in [7, 11) is 0. The fraction of sp³-hybridized carbons (Fsp3) is 0.368. The van der Waals surface area contributed by atoms with Crippen LogP contribution in [-0.4, -0.2) is 29.3 Å². The highest BCUT2D eigenvalue weighted by atomic mass is 35.5. The van der Waals surface area contributed by atoms with Gasteiger partial charge in [-0.15, -0.1) is 23.7 Å². The molecule has 0 fully saturated rings. The normalized spacial score (nSPS) is 13.8. The van der Waals surface area contributed by atoms with Crippen LogP contribution in [0.5, 0.6) is 0 Å². The number of nitrogens with zero attached hydrogens (tertiary/aromatic N) is 1. The Balaban J connectivity index is 0.00000243. The van der Waals surface area contributed by atoms with Crippen LogP contribution in [0.1, 0.15) is 40.2 Å². The van der Waals surface area contributed by atoms with E-state index in [4.69, 9.17) is 5.73 Å².